The van der Waals surface area contributed by atoms with Crippen molar-refractivity contribution in [2.24, 2.45) is 5.92 Å². The molecule has 0 aromatic rings. The molecule has 1 N–H and O–H groups in total. The predicted molar refractivity (Wildman–Crippen MR) is 58.2 cm³/mol. The molecule has 3 atom stereocenters. The maximum atomic E-state index is 11.9. The van der Waals surface area contributed by atoms with E-state index in [-0.39, 0.29) is 11.8 Å². The predicted octanol–water partition coefficient (Wildman–Crippen LogP) is 0.768. The second-order valence-corrected chi connectivity index (χ2v) is 4.60. The molecule has 0 radical (unpaired) electrons. The number of amides is 2. The van der Waals surface area contributed by atoms with E-state index in [1.54, 1.807) is 6.92 Å². The molecular weight excluding hydrogens is 192 g/mol. The Morgan fingerprint density at radius 2 is 2.00 bits per heavy atom. The van der Waals surface area contributed by atoms with Crippen molar-refractivity contribution in [2.45, 2.75) is 46.2 Å². The van der Waals surface area contributed by atoms with Crippen LogP contribution in [0.1, 0.15) is 34.1 Å². The molecule has 1 aliphatic heterocycles. The highest BCUT2D eigenvalue weighted by Crippen LogP contribution is 2.22. The number of hydrogen-bond donors (Lipinski definition) is 1. The van der Waals surface area contributed by atoms with Gasteiger partial charge in [-0.25, -0.2) is 0 Å². The number of nitrogens with zero attached hydrogens (tertiary/aromatic N) is 1. The van der Waals surface area contributed by atoms with Crippen molar-refractivity contribution in [3.63, 3.8) is 0 Å². The third-order valence-electron chi connectivity index (χ3n) is 2.86. The van der Waals surface area contributed by atoms with Crippen LogP contribution in [-0.2, 0) is 9.59 Å². The van der Waals surface area contributed by atoms with Gasteiger partial charge in [0.05, 0.1) is 0 Å². The van der Waals surface area contributed by atoms with E-state index in [2.05, 4.69) is 19.2 Å². The van der Waals surface area contributed by atoms with Gasteiger partial charge in [0.1, 0.15) is 6.04 Å². The third kappa shape index (κ3) is 2.94. The largest absolute Gasteiger partial charge is 0.345 e. The first-order chi connectivity index (χ1) is 6.91. The van der Waals surface area contributed by atoms with Gasteiger partial charge < -0.3 is 10.2 Å². The highest BCUT2D eigenvalue weighted by molar-refractivity contribution is 5.86. The van der Waals surface area contributed by atoms with Crippen LogP contribution >= 0.6 is 0 Å². The number of nitrogens with one attached hydrogen (secondary N) is 1. The Morgan fingerprint density at radius 1 is 1.40 bits per heavy atom. The summed E-state index contributed by atoms with van der Waals surface area (Å²) < 4.78 is 0. The molecule has 0 aromatic heterocycles. The normalized spacial score (nSPS) is 27.6. The van der Waals surface area contributed by atoms with Gasteiger partial charge in [-0.15, -0.1) is 0 Å². The molecule has 1 saturated heterocycles. The number of carbonyl (C=O) groups excluding carboxylic acids is 2. The lowest BCUT2D eigenvalue weighted by Gasteiger charge is -2.25. The summed E-state index contributed by atoms with van der Waals surface area (Å²) in [5.41, 5.74) is 0. The van der Waals surface area contributed by atoms with Crippen LogP contribution in [-0.4, -0.2) is 35.3 Å². The van der Waals surface area contributed by atoms with E-state index < -0.39 is 6.04 Å². The first-order valence-corrected chi connectivity index (χ1v) is 5.49. The van der Waals surface area contributed by atoms with Crippen LogP contribution in [0, 0.1) is 5.92 Å². The molecule has 0 aromatic carbocycles. The van der Waals surface area contributed by atoms with Crippen LogP contribution < -0.4 is 5.32 Å². The minimum atomic E-state index is -0.407. The molecule has 0 bridgehead atoms. The quantitative estimate of drug-likeness (QED) is 0.735. The molecule has 0 spiro atoms. The van der Waals surface area contributed by atoms with E-state index in [0.29, 0.717) is 12.0 Å². The molecule has 0 saturated carbocycles. The summed E-state index contributed by atoms with van der Waals surface area (Å²) in [6.45, 7) is 8.18. The van der Waals surface area contributed by atoms with Crippen molar-refractivity contribution in [1.82, 2.24) is 10.2 Å². The van der Waals surface area contributed by atoms with Gasteiger partial charge in [0.15, 0.2) is 0 Å². The van der Waals surface area contributed by atoms with Crippen molar-refractivity contribution in [3.05, 3.63) is 0 Å². The number of carbonyl (C=O) groups is 2. The zero-order valence-corrected chi connectivity index (χ0v) is 9.91. The van der Waals surface area contributed by atoms with Crippen molar-refractivity contribution in [2.75, 3.05) is 6.54 Å². The SMILES string of the molecule is CC(=O)NC(C)C(=O)N1CC(C)CC1C. The maximum Gasteiger partial charge on any atom is 0.245 e. The molecule has 3 unspecified atom stereocenters. The Morgan fingerprint density at radius 3 is 2.40 bits per heavy atom. The van der Waals surface area contributed by atoms with Crippen LogP contribution in [0.2, 0.25) is 0 Å². The van der Waals surface area contributed by atoms with Gasteiger partial charge in [0, 0.05) is 19.5 Å². The van der Waals surface area contributed by atoms with E-state index in [9.17, 15) is 9.59 Å². The molecular formula is C11H20N2O2. The molecule has 4 heteroatoms. The Hall–Kier alpha value is -1.06. The summed E-state index contributed by atoms with van der Waals surface area (Å²) in [5.74, 6) is 0.436. The molecule has 1 fully saturated rings. The van der Waals surface area contributed by atoms with E-state index in [4.69, 9.17) is 0 Å². The van der Waals surface area contributed by atoms with Gasteiger partial charge in [-0.1, -0.05) is 6.92 Å². The highest BCUT2D eigenvalue weighted by Gasteiger charge is 2.32. The molecule has 2 amide bonds. The monoisotopic (exact) mass is 212 g/mol. The second kappa shape index (κ2) is 4.64. The Bertz CT molecular complexity index is 265. The molecule has 86 valence electrons. The standard InChI is InChI=1S/C11H20N2O2/c1-7-5-8(2)13(6-7)11(15)9(3)12-10(4)14/h7-9H,5-6H2,1-4H3,(H,12,14). The van der Waals surface area contributed by atoms with Gasteiger partial charge in [-0.2, -0.15) is 0 Å². The average molecular weight is 212 g/mol. The average Bonchev–Trinajstić information content (AvgIpc) is 2.42. The Labute approximate surface area is 91.0 Å². The lowest BCUT2D eigenvalue weighted by Crippen LogP contribution is -2.47. The number of hydrogen-bond acceptors (Lipinski definition) is 2. The van der Waals surface area contributed by atoms with Crippen LogP contribution in [0.4, 0.5) is 0 Å². The second-order valence-electron chi connectivity index (χ2n) is 4.60. The van der Waals surface area contributed by atoms with E-state index >= 15 is 0 Å². The minimum absolute atomic E-state index is 0.0297. The molecule has 0 aliphatic carbocycles. The molecule has 1 aliphatic rings. The van der Waals surface area contributed by atoms with Gasteiger partial charge in [0.25, 0.3) is 0 Å². The maximum absolute atomic E-state index is 11.9. The van der Waals surface area contributed by atoms with E-state index in [1.165, 1.54) is 6.92 Å². The smallest absolute Gasteiger partial charge is 0.245 e. The summed E-state index contributed by atoms with van der Waals surface area (Å²) in [6.07, 6.45) is 1.05. The van der Waals surface area contributed by atoms with Crippen molar-refractivity contribution in [3.8, 4) is 0 Å². The van der Waals surface area contributed by atoms with Crippen LogP contribution in [0.15, 0.2) is 0 Å². The summed E-state index contributed by atoms with van der Waals surface area (Å²) in [4.78, 5) is 24.7. The fraction of sp³-hybridized carbons (Fsp3) is 0.818. The molecule has 4 nitrogen and oxygen atoms in total. The summed E-state index contributed by atoms with van der Waals surface area (Å²) in [7, 11) is 0. The first kappa shape index (κ1) is 12.0. The first-order valence-electron chi connectivity index (χ1n) is 5.49. The fourth-order valence-electron chi connectivity index (χ4n) is 2.22. The lowest BCUT2D eigenvalue weighted by molar-refractivity contribution is -0.136. The van der Waals surface area contributed by atoms with Gasteiger partial charge >= 0.3 is 0 Å². The summed E-state index contributed by atoms with van der Waals surface area (Å²) >= 11 is 0. The van der Waals surface area contributed by atoms with Crippen LogP contribution in [0.3, 0.4) is 0 Å². The summed E-state index contributed by atoms with van der Waals surface area (Å²) in [5, 5.41) is 2.62. The molecule has 1 rings (SSSR count). The highest BCUT2D eigenvalue weighted by atomic mass is 16.2. The lowest BCUT2D eigenvalue weighted by atomic mass is 10.1. The topological polar surface area (TPSA) is 49.4 Å². The zero-order valence-electron chi connectivity index (χ0n) is 9.91. The van der Waals surface area contributed by atoms with E-state index in [1.807, 2.05) is 4.90 Å². The number of rotatable bonds is 2. The third-order valence-corrected chi connectivity index (χ3v) is 2.86. The van der Waals surface area contributed by atoms with Crippen molar-refractivity contribution in [1.29, 1.82) is 0 Å². The van der Waals surface area contributed by atoms with Crippen molar-refractivity contribution < 1.29 is 9.59 Å². The fourth-order valence-corrected chi connectivity index (χ4v) is 2.22. The Kier molecular flexibility index (Phi) is 3.72. The van der Waals surface area contributed by atoms with Crippen LogP contribution in [0.5, 0.6) is 0 Å². The van der Waals surface area contributed by atoms with Gasteiger partial charge in [-0.05, 0) is 26.2 Å². The van der Waals surface area contributed by atoms with Crippen LogP contribution in [0.25, 0.3) is 0 Å². The van der Waals surface area contributed by atoms with Gasteiger partial charge in [0.2, 0.25) is 11.8 Å². The molecule has 15 heavy (non-hydrogen) atoms. The van der Waals surface area contributed by atoms with Gasteiger partial charge in [-0.3, -0.25) is 9.59 Å². The summed E-state index contributed by atoms with van der Waals surface area (Å²) in [6, 6.07) is -0.112. The van der Waals surface area contributed by atoms with E-state index in [0.717, 1.165) is 13.0 Å². The number of likely N-dealkylation sites (tertiary alicyclic amines) is 1. The zero-order chi connectivity index (χ0) is 11.6. The van der Waals surface area contributed by atoms with Crippen molar-refractivity contribution >= 4 is 11.8 Å². The molecule has 1 heterocycles. The minimum Gasteiger partial charge on any atom is -0.345 e. The Balaban J connectivity index is 2.56.